The quantitative estimate of drug-likeness (QED) is 0.666. The molecule has 13 heavy (non-hydrogen) atoms. The van der Waals surface area contributed by atoms with Crippen molar-refractivity contribution in [1.82, 2.24) is 5.32 Å². The van der Waals surface area contributed by atoms with E-state index in [1.807, 2.05) is 11.8 Å². The summed E-state index contributed by atoms with van der Waals surface area (Å²) in [6, 6.07) is 0. The maximum absolute atomic E-state index is 8.68. The van der Waals surface area contributed by atoms with E-state index in [-0.39, 0.29) is 6.61 Å². The molecule has 0 amide bonds. The maximum atomic E-state index is 8.68. The summed E-state index contributed by atoms with van der Waals surface area (Å²) in [7, 11) is 0. The summed E-state index contributed by atoms with van der Waals surface area (Å²) >= 11 is 2.00. The van der Waals surface area contributed by atoms with E-state index in [4.69, 9.17) is 5.11 Å². The smallest absolute Gasteiger partial charge is 0.0555 e. The third kappa shape index (κ3) is 3.49. The highest BCUT2D eigenvalue weighted by atomic mass is 32.2. The molecule has 0 unspecified atom stereocenters. The van der Waals surface area contributed by atoms with Crippen molar-refractivity contribution in [2.75, 3.05) is 26.0 Å². The van der Waals surface area contributed by atoms with E-state index in [9.17, 15) is 0 Å². The van der Waals surface area contributed by atoms with Gasteiger partial charge < -0.3 is 10.4 Å². The highest BCUT2D eigenvalue weighted by Crippen LogP contribution is 2.37. The van der Waals surface area contributed by atoms with Crippen LogP contribution in [0.3, 0.4) is 0 Å². The Labute approximate surface area is 85.5 Å². The number of thioether (sulfide) groups is 1. The molecule has 2 N–H and O–H groups in total. The molecule has 0 aromatic carbocycles. The molecule has 0 radical (unpaired) electrons. The lowest BCUT2D eigenvalue weighted by molar-refractivity contribution is 0.284. The SMILES string of the molecule is CSC1(CNCCO)CCCCC1. The maximum Gasteiger partial charge on any atom is 0.0555 e. The average molecular weight is 203 g/mol. The van der Waals surface area contributed by atoms with Crippen LogP contribution < -0.4 is 5.32 Å². The molecular formula is C10H21NOS. The second kappa shape index (κ2) is 5.89. The summed E-state index contributed by atoms with van der Waals surface area (Å²) in [5.74, 6) is 0. The van der Waals surface area contributed by atoms with E-state index in [1.54, 1.807) is 0 Å². The van der Waals surface area contributed by atoms with Crippen LogP contribution in [0.5, 0.6) is 0 Å². The highest BCUT2D eigenvalue weighted by Gasteiger charge is 2.30. The lowest BCUT2D eigenvalue weighted by atomic mass is 9.88. The third-order valence-corrected chi connectivity index (χ3v) is 4.35. The Bertz CT molecular complexity index is 135. The Kier molecular flexibility index (Phi) is 5.14. The van der Waals surface area contributed by atoms with Gasteiger partial charge in [0.25, 0.3) is 0 Å². The number of nitrogens with one attached hydrogen (secondary N) is 1. The van der Waals surface area contributed by atoms with Crippen molar-refractivity contribution in [2.24, 2.45) is 0 Å². The Morgan fingerprint density at radius 3 is 2.54 bits per heavy atom. The molecule has 78 valence electrons. The van der Waals surface area contributed by atoms with Gasteiger partial charge >= 0.3 is 0 Å². The fraction of sp³-hybridized carbons (Fsp3) is 1.00. The summed E-state index contributed by atoms with van der Waals surface area (Å²) in [6.45, 7) is 2.06. The van der Waals surface area contributed by atoms with Gasteiger partial charge in [0.05, 0.1) is 6.61 Å². The van der Waals surface area contributed by atoms with Gasteiger partial charge in [-0.05, 0) is 19.1 Å². The predicted molar refractivity (Wildman–Crippen MR) is 59.3 cm³/mol. The van der Waals surface area contributed by atoms with Crippen LogP contribution in [0.25, 0.3) is 0 Å². The summed E-state index contributed by atoms with van der Waals surface area (Å²) in [5.41, 5.74) is 0. The van der Waals surface area contributed by atoms with Gasteiger partial charge in [-0.3, -0.25) is 0 Å². The monoisotopic (exact) mass is 203 g/mol. The van der Waals surface area contributed by atoms with Crippen molar-refractivity contribution in [2.45, 2.75) is 36.9 Å². The fourth-order valence-corrected chi connectivity index (χ4v) is 2.99. The molecule has 0 aromatic heterocycles. The van der Waals surface area contributed by atoms with Crippen molar-refractivity contribution in [3.05, 3.63) is 0 Å². The van der Waals surface area contributed by atoms with Crippen LogP contribution in [0.15, 0.2) is 0 Å². The largest absolute Gasteiger partial charge is 0.395 e. The molecule has 0 bridgehead atoms. The second-order valence-electron chi connectivity index (χ2n) is 3.85. The van der Waals surface area contributed by atoms with Crippen LogP contribution >= 0.6 is 11.8 Å². The molecule has 1 fully saturated rings. The van der Waals surface area contributed by atoms with Crippen LogP contribution in [-0.2, 0) is 0 Å². The van der Waals surface area contributed by atoms with Gasteiger partial charge in [0.1, 0.15) is 0 Å². The van der Waals surface area contributed by atoms with Crippen LogP contribution in [0.1, 0.15) is 32.1 Å². The molecule has 1 rings (SSSR count). The molecule has 0 spiro atoms. The molecule has 0 aromatic rings. The average Bonchev–Trinajstić information content (AvgIpc) is 2.20. The summed E-state index contributed by atoms with van der Waals surface area (Å²) in [5, 5.41) is 12.0. The zero-order valence-electron chi connectivity index (χ0n) is 8.51. The van der Waals surface area contributed by atoms with Gasteiger partial charge in [0.2, 0.25) is 0 Å². The van der Waals surface area contributed by atoms with Crippen molar-refractivity contribution in [3.8, 4) is 0 Å². The topological polar surface area (TPSA) is 32.3 Å². The Morgan fingerprint density at radius 1 is 1.31 bits per heavy atom. The minimum Gasteiger partial charge on any atom is -0.395 e. The Hall–Kier alpha value is 0.270. The molecule has 1 saturated carbocycles. The van der Waals surface area contributed by atoms with Crippen molar-refractivity contribution >= 4 is 11.8 Å². The van der Waals surface area contributed by atoms with Gasteiger partial charge in [-0.15, -0.1) is 0 Å². The molecule has 0 aliphatic heterocycles. The standard InChI is InChI=1S/C10H21NOS/c1-13-10(9-11-7-8-12)5-3-2-4-6-10/h11-12H,2-9H2,1H3. The molecular weight excluding hydrogens is 182 g/mol. The van der Waals surface area contributed by atoms with Crippen LogP contribution in [0, 0.1) is 0 Å². The Morgan fingerprint density at radius 2 is 2.00 bits per heavy atom. The van der Waals surface area contributed by atoms with Crippen LogP contribution in [0.2, 0.25) is 0 Å². The van der Waals surface area contributed by atoms with Crippen LogP contribution in [-0.4, -0.2) is 35.8 Å². The first kappa shape index (κ1) is 11.3. The zero-order valence-corrected chi connectivity index (χ0v) is 9.33. The lowest BCUT2D eigenvalue weighted by Gasteiger charge is -2.36. The molecule has 0 saturated heterocycles. The van der Waals surface area contributed by atoms with Crippen LogP contribution in [0.4, 0.5) is 0 Å². The van der Waals surface area contributed by atoms with E-state index >= 15 is 0 Å². The first-order valence-corrected chi connectivity index (χ1v) is 6.42. The third-order valence-electron chi connectivity index (χ3n) is 2.93. The number of hydrogen-bond donors (Lipinski definition) is 2. The minimum absolute atomic E-state index is 0.254. The fourth-order valence-electron chi connectivity index (χ4n) is 2.04. The van der Waals surface area contributed by atoms with Gasteiger partial charge in [-0.2, -0.15) is 11.8 Å². The molecule has 1 aliphatic carbocycles. The van der Waals surface area contributed by atoms with Crippen molar-refractivity contribution < 1.29 is 5.11 Å². The molecule has 0 heterocycles. The molecule has 2 nitrogen and oxygen atoms in total. The zero-order chi connectivity index (χ0) is 9.57. The molecule has 0 atom stereocenters. The number of hydrogen-bond acceptors (Lipinski definition) is 3. The lowest BCUT2D eigenvalue weighted by Crippen LogP contribution is -2.40. The number of aliphatic hydroxyl groups is 1. The van der Waals surface area contributed by atoms with E-state index in [2.05, 4.69) is 11.6 Å². The number of aliphatic hydroxyl groups excluding tert-OH is 1. The van der Waals surface area contributed by atoms with Crippen molar-refractivity contribution in [1.29, 1.82) is 0 Å². The predicted octanol–water partition coefficient (Wildman–Crippen LogP) is 1.63. The van der Waals surface area contributed by atoms with E-state index in [0.29, 0.717) is 4.75 Å². The molecule has 1 aliphatic rings. The van der Waals surface area contributed by atoms with E-state index < -0.39 is 0 Å². The summed E-state index contributed by atoms with van der Waals surface area (Å²) in [6.07, 6.45) is 9.05. The van der Waals surface area contributed by atoms with Gasteiger partial charge in [0.15, 0.2) is 0 Å². The highest BCUT2D eigenvalue weighted by molar-refractivity contribution is 8.00. The normalized spacial score (nSPS) is 21.7. The summed E-state index contributed by atoms with van der Waals surface area (Å²) in [4.78, 5) is 0. The van der Waals surface area contributed by atoms with Gasteiger partial charge in [0, 0.05) is 17.8 Å². The van der Waals surface area contributed by atoms with Gasteiger partial charge in [-0.25, -0.2) is 0 Å². The van der Waals surface area contributed by atoms with E-state index in [0.717, 1.165) is 13.1 Å². The Balaban J connectivity index is 2.29. The summed E-state index contributed by atoms with van der Waals surface area (Å²) < 4.78 is 0.466. The second-order valence-corrected chi connectivity index (χ2v) is 5.12. The van der Waals surface area contributed by atoms with E-state index in [1.165, 1.54) is 32.1 Å². The minimum atomic E-state index is 0.254. The van der Waals surface area contributed by atoms with Crippen molar-refractivity contribution in [3.63, 3.8) is 0 Å². The number of rotatable bonds is 5. The van der Waals surface area contributed by atoms with Gasteiger partial charge in [-0.1, -0.05) is 19.3 Å². The first-order valence-electron chi connectivity index (χ1n) is 5.20. The molecule has 3 heteroatoms. The first-order chi connectivity index (χ1) is 6.33.